The first-order chi connectivity index (χ1) is 9.60. The number of ether oxygens (including phenoxy) is 1. The molecule has 0 saturated carbocycles. The van der Waals surface area contributed by atoms with Crippen molar-refractivity contribution in [2.45, 2.75) is 33.7 Å². The topological polar surface area (TPSA) is 44.1 Å². The summed E-state index contributed by atoms with van der Waals surface area (Å²) in [6.45, 7) is 6.50. The van der Waals surface area contributed by atoms with Crippen LogP contribution in [0.2, 0.25) is 0 Å². The second-order valence-electron chi connectivity index (χ2n) is 4.86. The highest BCUT2D eigenvalue weighted by Crippen LogP contribution is 2.22. The largest absolute Gasteiger partial charge is 0.496 e. The van der Waals surface area contributed by atoms with Crippen LogP contribution < -0.4 is 4.74 Å². The summed E-state index contributed by atoms with van der Waals surface area (Å²) in [5, 5.41) is 4.44. The monoisotopic (exact) mass is 272 g/mol. The molecule has 0 spiro atoms. The van der Waals surface area contributed by atoms with E-state index in [4.69, 9.17) is 4.74 Å². The van der Waals surface area contributed by atoms with Gasteiger partial charge in [0.1, 0.15) is 5.75 Å². The molecule has 0 amide bonds. The molecule has 106 valence electrons. The third-order valence-electron chi connectivity index (χ3n) is 3.63. The number of carbonyl (C=O) groups excluding carboxylic acids is 1. The fraction of sp³-hybridized carbons (Fsp3) is 0.375. The van der Waals surface area contributed by atoms with Gasteiger partial charge in [0.2, 0.25) is 0 Å². The minimum atomic E-state index is 0.609. The summed E-state index contributed by atoms with van der Waals surface area (Å²) in [7, 11) is 1.67. The predicted molar refractivity (Wildman–Crippen MR) is 78.6 cm³/mol. The van der Waals surface area contributed by atoms with Crippen molar-refractivity contribution >= 4 is 6.29 Å². The molecule has 0 aliphatic carbocycles. The molecule has 1 aromatic carbocycles. The van der Waals surface area contributed by atoms with Crippen LogP contribution in [0.1, 0.15) is 39.8 Å². The zero-order valence-electron chi connectivity index (χ0n) is 12.4. The third kappa shape index (κ3) is 2.59. The van der Waals surface area contributed by atoms with Crippen LogP contribution in [-0.4, -0.2) is 23.2 Å². The third-order valence-corrected chi connectivity index (χ3v) is 3.63. The Morgan fingerprint density at radius 1 is 1.35 bits per heavy atom. The minimum Gasteiger partial charge on any atom is -0.496 e. The molecular formula is C16H20N2O2. The van der Waals surface area contributed by atoms with Crippen LogP contribution in [0.25, 0.3) is 0 Å². The van der Waals surface area contributed by atoms with Crippen LogP contribution in [0.3, 0.4) is 0 Å². The van der Waals surface area contributed by atoms with Crippen molar-refractivity contribution in [2.75, 3.05) is 7.11 Å². The molecule has 1 heterocycles. The van der Waals surface area contributed by atoms with Crippen LogP contribution in [0.4, 0.5) is 0 Å². The van der Waals surface area contributed by atoms with Gasteiger partial charge in [-0.2, -0.15) is 5.10 Å². The number of aryl methyl sites for hydroxylation is 2. The number of rotatable bonds is 5. The van der Waals surface area contributed by atoms with Crippen molar-refractivity contribution in [1.82, 2.24) is 9.78 Å². The summed E-state index contributed by atoms with van der Waals surface area (Å²) in [6.07, 6.45) is 1.85. The Kier molecular flexibility index (Phi) is 4.23. The standard InChI is InChI=1S/C16H20N2O2/c1-5-13-6-7-16(20-4)14(8-13)9-18-12(3)15(10-19)11(2)17-18/h6-8,10H,5,9H2,1-4H3. The maximum absolute atomic E-state index is 11.1. The molecule has 0 aliphatic heterocycles. The molecule has 1 aromatic heterocycles. The Labute approximate surface area is 119 Å². The van der Waals surface area contributed by atoms with E-state index in [9.17, 15) is 4.79 Å². The van der Waals surface area contributed by atoms with Gasteiger partial charge in [-0.3, -0.25) is 9.48 Å². The molecule has 0 atom stereocenters. The summed E-state index contributed by atoms with van der Waals surface area (Å²) >= 11 is 0. The summed E-state index contributed by atoms with van der Waals surface area (Å²) in [5.41, 5.74) is 4.67. The van der Waals surface area contributed by atoms with Gasteiger partial charge in [0.05, 0.1) is 24.9 Å². The van der Waals surface area contributed by atoms with Gasteiger partial charge in [0, 0.05) is 11.3 Å². The normalized spacial score (nSPS) is 10.6. The number of nitrogens with zero attached hydrogens (tertiary/aromatic N) is 2. The van der Waals surface area contributed by atoms with Crippen molar-refractivity contribution in [1.29, 1.82) is 0 Å². The smallest absolute Gasteiger partial charge is 0.153 e. The van der Waals surface area contributed by atoms with Gasteiger partial charge in [0.25, 0.3) is 0 Å². The number of aldehydes is 1. The highest BCUT2D eigenvalue weighted by atomic mass is 16.5. The first kappa shape index (κ1) is 14.3. The van der Waals surface area contributed by atoms with E-state index in [2.05, 4.69) is 24.2 Å². The average Bonchev–Trinajstić information content (AvgIpc) is 2.72. The van der Waals surface area contributed by atoms with Crippen molar-refractivity contribution in [3.05, 3.63) is 46.3 Å². The summed E-state index contributed by atoms with van der Waals surface area (Å²) < 4.78 is 7.27. The molecule has 2 rings (SSSR count). The summed E-state index contributed by atoms with van der Waals surface area (Å²) in [6, 6.07) is 6.19. The zero-order chi connectivity index (χ0) is 14.7. The number of hydrogen-bond donors (Lipinski definition) is 0. The number of carbonyl (C=O) groups is 1. The molecule has 4 heteroatoms. The SMILES string of the molecule is CCc1ccc(OC)c(Cn2nc(C)c(C=O)c2C)c1. The van der Waals surface area contributed by atoms with E-state index in [1.807, 2.05) is 24.6 Å². The Balaban J connectivity index is 2.41. The number of benzene rings is 1. The molecule has 0 saturated heterocycles. The van der Waals surface area contributed by atoms with Crippen LogP contribution in [0.5, 0.6) is 5.75 Å². The van der Waals surface area contributed by atoms with Gasteiger partial charge in [-0.25, -0.2) is 0 Å². The molecule has 0 unspecified atom stereocenters. The Morgan fingerprint density at radius 3 is 2.65 bits per heavy atom. The van der Waals surface area contributed by atoms with Crippen molar-refractivity contribution < 1.29 is 9.53 Å². The second kappa shape index (κ2) is 5.90. The lowest BCUT2D eigenvalue weighted by molar-refractivity contribution is 0.112. The van der Waals surface area contributed by atoms with E-state index >= 15 is 0 Å². The molecule has 0 fully saturated rings. The Morgan fingerprint density at radius 2 is 2.10 bits per heavy atom. The fourth-order valence-corrected chi connectivity index (χ4v) is 2.37. The number of methoxy groups -OCH3 is 1. The highest BCUT2D eigenvalue weighted by molar-refractivity contribution is 5.78. The summed E-state index contributed by atoms with van der Waals surface area (Å²) in [4.78, 5) is 11.1. The first-order valence-corrected chi connectivity index (χ1v) is 6.75. The first-order valence-electron chi connectivity index (χ1n) is 6.75. The number of aromatic nitrogens is 2. The lowest BCUT2D eigenvalue weighted by Gasteiger charge is -2.11. The average molecular weight is 272 g/mol. The van der Waals surface area contributed by atoms with Crippen LogP contribution in [0, 0.1) is 13.8 Å². The van der Waals surface area contributed by atoms with Crippen molar-refractivity contribution in [2.24, 2.45) is 0 Å². The van der Waals surface area contributed by atoms with E-state index < -0.39 is 0 Å². The molecule has 2 aromatic rings. The highest BCUT2D eigenvalue weighted by Gasteiger charge is 2.12. The molecule has 0 radical (unpaired) electrons. The van der Waals surface area contributed by atoms with Gasteiger partial charge in [0.15, 0.2) is 6.29 Å². The van der Waals surface area contributed by atoms with E-state index in [0.717, 1.165) is 35.4 Å². The van der Waals surface area contributed by atoms with Crippen LogP contribution in [-0.2, 0) is 13.0 Å². The lowest BCUT2D eigenvalue weighted by Crippen LogP contribution is -2.06. The van der Waals surface area contributed by atoms with E-state index in [1.165, 1.54) is 5.56 Å². The molecule has 4 nitrogen and oxygen atoms in total. The van der Waals surface area contributed by atoms with Gasteiger partial charge in [-0.1, -0.05) is 19.1 Å². The molecular weight excluding hydrogens is 252 g/mol. The quantitative estimate of drug-likeness (QED) is 0.786. The van der Waals surface area contributed by atoms with E-state index in [1.54, 1.807) is 7.11 Å². The molecule has 0 bridgehead atoms. The Hall–Kier alpha value is -2.10. The fourth-order valence-electron chi connectivity index (χ4n) is 2.37. The second-order valence-corrected chi connectivity index (χ2v) is 4.86. The predicted octanol–water partition coefficient (Wildman–Crippen LogP) is 2.93. The van der Waals surface area contributed by atoms with Gasteiger partial charge in [-0.05, 0) is 31.9 Å². The molecule has 0 N–H and O–H groups in total. The maximum atomic E-state index is 11.1. The minimum absolute atomic E-state index is 0.609. The van der Waals surface area contributed by atoms with Crippen LogP contribution >= 0.6 is 0 Å². The Bertz CT molecular complexity index is 630. The van der Waals surface area contributed by atoms with E-state index in [-0.39, 0.29) is 0 Å². The molecule has 0 aliphatic rings. The maximum Gasteiger partial charge on any atom is 0.153 e. The van der Waals surface area contributed by atoms with Crippen LogP contribution in [0.15, 0.2) is 18.2 Å². The van der Waals surface area contributed by atoms with E-state index in [0.29, 0.717) is 12.1 Å². The van der Waals surface area contributed by atoms with Gasteiger partial charge >= 0.3 is 0 Å². The summed E-state index contributed by atoms with van der Waals surface area (Å²) in [5.74, 6) is 0.849. The van der Waals surface area contributed by atoms with Crippen molar-refractivity contribution in [3.8, 4) is 5.75 Å². The van der Waals surface area contributed by atoms with Gasteiger partial charge < -0.3 is 4.74 Å². The molecule has 20 heavy (non-hydrogen) atoms. The zero-order valence-corrected chi connectivity index (χ0v) is 12.4. The lowest BCUT2D eigenvalue weighted by atomic mass is 10.1. The number of hydrogen-bond acceptors (Lipinski definition) is 3. The van der Waals surface area contributed by atoms with Gasteiger partial charge in [-0.15, -0.1) is 0 Å². The van der Waals surface area contributed by atoms with Crippen molar-refractivity contribution in [3.63, 3.8) is 0 Å².